The molecule has 5 nitrogen and oxygen atoms in total. The zero-order valence-corrected chi connectivity index (χ0v) is 12.2. The molecule has 2 N–H and O–H groups in total. The molecule has 1 aliphatic heterocycles. The largest absolute Gasteiger partial charge is 0.397 e. The molecule has 0 aliphatic carbocycles. The van der Waals surface area contributed by atoms with Crippen molar-refractivity contribution in [2.75, 3.05) is 25.4 Å². The quantitative estimate of drug-likeness (QED) is 0.874. The molecule has 1 fully saturated rings. The number of carbonyl (C=O) groups excluding carboxylic acids is 1. The van der Waals surface area contributed by atoms with E-state index in [0.717, 1.165) is 23.1 Å². The molecule has 6 heteroatoms. The van der Waals surface area contributed by atoms with Gasteiger partial charge in [0.2, 0.25) is 0 Å². The van der Waals surface area contributed by atoms with Crippen LogP contribution in [0.4, 0.5) is 5.69 Å². The van der Waals surface area contributed by atoms with Gasteiger partial charge in [0.05, 0.1) is 16.5 Å². The molecule has 0 saturated carbocycles. The van der Waals surface area contributed by atoms with E-state index in [2.05, 4.69) is 4.98 Å². The second-order valence-corrected chi connectivity index (χ2v) is 6.06. The van der Waals surface area contributed by atoms with E-state index in [1.54, 1.807) is 12.4 Å². The molecule has 1 unspecified atom stereocenters. The molecule has 0 radical (unpaired) electrons. The number of carbonyl (C=O) groups is 1. The number of nitrogen functional groups attached to an aromatic ring is 1. The molecule has 0 bridgehead atoms. The first-order valence-corrected chi connectivity index (χ1v) is 7.51. The molecule has 1 aliphatic rings. The maximum absolute atomic E-state index is 12.7. The van der Waals surface area contributed by atoms with E-state index in [9.17, 15) is 4.79 Å². The van der Waals surface area contributed by atoms with E-state index in [-0.39, 0.29) is 12.0 Å². The lowest BCUT2D eigenvalue weighted by molar-refractivity contribution is 0.0566. The average Bonchev–Trinajstić information content (AvgIpc) is 2.64. The van der Waals surface area contributed by atoms with Crippen LogP contribution in [-0.4, -0.2) is 41.6 Å². The van der Waals surface area contributed by atoms with Crippen molar-refractivity contribution in [1.29, 1.82) is 0 Å². The Morgan fingerprint density at radius 2 is 2.45 bits per heavy atom. The predicted molar refractivity (Wildman–Crippen MR) is 80.0 cm³/mol. The van der Waals surface area contributed by atoms with Crippen LogP contribution in [0.1, 0.15) is 23.0 Å². The third-order valence-electron chi connectivity index (χ3n) is 3.47. The number of thiophene rings is 1. The SMILES string of the molecule is CC1CN(C(=O)c2sc3cnccc3c2N)CCCO1. The van der Waals surface area contributed by atoms with Gasteiger partial charge in [-0.3, -0.25) is 9.78 Å². The molecule has 2 aromatic heterocycles. The van der Waals surface area contributed by atoms with Crippen LogP contribution >= 0.6 is 11.3 Å². The molecular weight excluding hydrogens is 274 g/mol. The highest BCUT2D eigenvalue weighted by Crippen LogP contribution is 2.33. The molecule has 0 spiro atoms. The third kappa shape index (κ3) is 2.36. The van der Waals surface area contributed by atoms with Crippen LogP contribution in [0.2, 0.25) is 0 Å². The molecule has 1 atom stereocenters. The number of hydrogen-bond acceptors (Lipinski definition) is 5. The molecule has 1 amide bonds. The van der Waals surface area contributed by atoms with Gasteiger partial charge < -0.3 is 15.4 Å². The van der Waals surface area contributed by atoms with E-state index < -0.39 is 0 Å². The number of hydrogen-bond donors (Lipinski definition) is 1. The number of anilines is 1. The Labute approximate surface area is 121 Å². The van der Waals surface area contributed by atoms with Gasteiger partial charge in [0, 0.05) is 37.5 Å². The topological polar surface area (TPSA) is 68.5 Å². The number of nitrogens with two attached hydrogens (primary N) is 1. The van der Waals surface area contributed by atoms with E-state index in [0.29, 0.717) is 23.7 Å². The fourth-order valence-electron chi connectivity index (χ4n) is 2.45. The fraction of sp³-hybridized carbons (Fsp3) is 0.429. The summed E-state index contributed by atoms with van der Waals surface area (Å²) < 4.78 is 6.53. The van der Waals surface area contributed by atoms with E-state index in [1.165, 1.54) is 11.3 Å². The van der Waals surface area contributed by atoms with Crippen LogP contribution in [0, 0.1) is 0 Å². The number of nitrogens with zero attached hydrogens (tertiary/aromatic N) is 2. The zero-order valence-electron chi connectivity index (χ0n) is 11.3. The first-order valence-electron chi connectivity index (χ1n) is 6.69. The zero-order chi connectivity index (χ0) is 14.1. The number of pyridine rings is 1. The summed E-state index contributed by atoms with van der Waals surface area (Å²) in [5, 5.41) is 0.910. The second-order valence-electron chi connectivity index (χ2n) is 5.00. The highest BCUT2D eigenvalue weighted by atomic mass is 32.1. The average molecular weight is 291 g/mol. The molecule has 0 aromatic carbocycles. The van der Waals surface area contributed by atoms with Gasteiger partial charge in [0.1, 0.15) is 4.88 Å². The Morgan fingerprint density at radius 3 is 3.25 bits per heavy atom. The number of amides is 1. The molecule has 20 heavy (non-hydrogen) atoms. The molecule has 106 valence electrons. The second kappa shape index (κ2) is 5.38. The summed E-state index contributed by atoms with van der Waals surface area (Å²) in [6.07, 6.45) is 4.38. The number of rotatable bonds is 1. The lowest BCUT2D eigenvalue weighted by Crippen LogP contribution is -2.35. The van der Waals surface area contributed by atoms with Gasteiger partial charge in [-0.2, -0.15) is 0 Å². The minimum Gasteiger partial charge on any atom is -0.397 e. The Hall–Kier alpha value is -1.66. The summed E-state index contributed by atoms with van der Waals surface area (Å²) in [4.78, 5) is 19.2. The lowest BCUT2D eigenvalue weighted by Gasteiger charge is -2.21. The van der Waals surface area contributed by atoms with Crippen LogP contribution < -0.4 is 5.73 Å². The molecule has 2 aromatic rings. The summed E-state index contributed by atoms with van der Waals surface area (Å²) in [5.74, 6) is 0.000972. The van der Waals surface area contributed by atoms with E-state index in [1.807, 2.05) is 17.9 Å². The standard InChI is InChI=1S/C14H17N3O2S/c1-9-8-17(5-2-6-19-9)14(18)13-12(15)10-3-4-16-7-11(10)20-13/h3-4,7,9H,2,5-6,8,15H2,1H3. The predicted octanol–water partition coefficient (Wildman–Crippen LogP) is 2.13. The Bertz CT molecular complexity index is 640. The first kappa shape index (κ1) is 13.3. The molecule has 3 rings (SSSR count). The van der Waals surface area contributed by atoms with Crippen LogP contribution in [0.5, 0.6) is 0 Å². The minimum absolute atomic E-state index is 0.000972. The van der Waals surface area contributed by atoms with Crippen LogP contribution in [0.15, 0.2) is 18.5 Å². The highest BCUT2D eigenvalue weighted by Gasteiger charge is 2.25. The van der Waals surface area contributed by atoms with Crippen molar-refractivity contribution in [1.82, 2.24) is 9.88 Å². The summed E-state index contributed by atoms with van der Waals surface area (Å²) >= 11 is 1.41. The lowest BCUT2D eigenvalue weighted by atomic mass is 10.2. The van der Waals surface area contributed by atoms with E-state index in [4.69, 9.17) is 10.5 Å². The maximum atomic E-state index is 12.7. The van der Waals surface area contributed by atoms with Gasteiger partial charge in [-0.25, -0.2) is 0 Å². The van der Waals surface area contributed by atoms with Crippen molar-refractivity contribution in [2.45, 2.75) is 19.4 Å². The first-order chi connectivity index (χ1) is 9.66. The smallest absolute Gasteiger partial charge is 0.266 e. The molecule has 3 heterocycles. The normalized spacial score (nSPS) is 20.1. The highest BCUT2D eigenvalue weighted by molar-refractivity contribution is 7.21. The van der Waals surface area contributed by atoms with Crippen molar-refractivity contribution in [3.05, 3.63) is 23.3 Å². The van der Waals surface area contributed by atoms with E-state index >= 15 is 0 Å². The van der Waals surface area contributed by atoms with Crippen LogP contribution in [0.25, 0.3) is 10.1 Å². The third-order valence-corrected chi connectivity index (χ3v) is 4.61. The summed E-state index contributed by atoms with van der Waals surface area (Å²) in [5.41, 5.74) is 6.69. The number of fused-ring (bicyclic) bond motifs is 1. The van der Waals surface area contributed by atoms with Crippen molar-refractivity contribution >= 4 is 33.0 Å². The fourth-order valence-corrected chi connectivity index (χ4v) is 3.51. The van der Waals surface area contributed by atoms with Gasteiger partial charge in [0.25, 0.3) is 5.91 Å². The molecular formula is C14H17N3O2S. The van der Waals surface area contributed by atoms with Crippen molar-refractivity contribution in [3.63, 3.8) is 0 Å². The Kier molecular flexibility index (Phi) is 3.58. The van der Waals surface area contributed by atoms with Crippen LogP contribution in [-0.2, 0) is 4.74 Å². The van der Waals surface area contributed by atoms with Crippen LogP contribution in [0.3, 0.4) is 0 Å². The summed E-state index contributed by atoms with van der Waals surface area (Å²) in [6, 6.07) is 1.85. The number of ether oxygens (including phenoxy) is 1. The van der Waals surface area contributed by atoms with Gasteiger partial charge in [-0.15, -0.1) is 11.3 Å². The van der Waals surface area contributed by atoms with Gasteiger partial charge in [0.15, 0.2) is 0 Å². The minimum atomic E-state index is 0.000972. The number of aromatic nitrogens is 1. The summed E-state index contributed by atoms with van der Waals surface area (Å²) in [6.45, 7) is 4.03. The Morgan fingerprint density at radius 1 is 1.60 bits per heavy atom. The van der Waals surface area contributed by atoms with Gasteiger partial charge in [-0.1, -0.05) is 0 Å². The summed E-state index contributed by atoms with van der Waals surface area (Å²) in [7, 11) is 0. The molecule has 1 saturated heterocycles. The maximum Gasteiger partial charge on any atom is 0.266 e. The Balaban J connectivity index is 1.93. The monoisotopic (exact) mass is 291 g/mol. The van der Waals surface area contributed by atoms with Gasteiger partial charge >= 0.3 is 0 Å². The van der Waals surface area contributed by atoms with Crippen molar-refractivity contribution in [2.24, 2.45) is 0 Å². The van der Waals surface area contributed by atoms with Crippen molar-refractivity contribution < 1.29 is 9.53 Å². The van der Waals surface area contributed by atoms with Crippen molar-refractivity contribution in [3.8, 4) is 0 Å². The van der Waals surface area contributed by atoms with Gasteiger partial charge in [-0.05, 0) is 19.4 Å².